The fraction of sp³-hybridized carbons (Fsp3) is 0.469. The predicted octanol–water partition coefficient (Wildman–Crippen LogP) is 6.44. The van der Waals surface area contributed by atoms with E-state index < -0.39 is 33.6 Å². The first-order valence-corrected chi connectivity index (χ1v) is 16.4. The topological polar surface area (TPSA) is 101 Å². The minimum Gasteiger partial charge on any atom is -0.475 e. The quantitative estimate of drug-likeness (QED) is 0.358. The molecule has 7 rings (SSSR count). The number of hydrogen-bond donors (Lipinski definition) is 1. The molecule has 1 N–H and O–H groups in total. The van der Waals surface area contributed by atoms with Crippen LogP contribution in [0.5, 0.6) is 5.88 Å². The van der Waals surface area contributed by atoms with Crippen LogP contribution in [0.1, 0.15) is 66.4 Å². The molecule has 1 amide bonds. The number of carbonyl (C=O) groups is 1. The fourth-order valence-corrected chi connectivity index (χ4v) is 7.98. The Labute approximate surface area is 254 Å². The maximum absolute atomic E-state index is 14.3. The van der Waals surface area contributed by atoms with Gasteiger partial charge in [-0.3, -0.25) is 4.79 Å². The summed E-state index contributed by atoms with van der Waals surface area (Å²) in [5.74, 6) is -0.738. The number of aryl methyl sites for hydroxylation is 2. The van der Waals surface area contributed by atoms with Crippen molar-refractivity contribution in [3.63, 3.8) is 0 Å². The molecule has 3 aromatic rings. The summed E-state index contributed by atoms with van der Waals surface area (Å²) in [4.78, 5) is 24.4. The van der Waals surface area contributed by atoms with E-state index in [1.54, 1.807) is 11.0 Å². The Morgan fingerprint density at radius 1 is 1.00 bits per heavy atom. The number of ether oxygens (including phenoxy) is 1. The number of hydrogen-bond acceptors (Lipinski definition) is 6. The fourth-order valence-electron chi connectivity index (χ4n) is 6.99. The van der Waals surface area contributed by atoms with E-state index in [1.165, 1.54) is 24.3 Å². The molecule has 1 aliphatic heterocycles. The molecule has 2 heterocycles. The van der Waals surface area contributed by atoms with Crippen LogP contribution in [-0.2, 0) is 10.0 Å². The number of amides is 1. The van der Waals surface area contributed by atoms with Crippen molar-refractivity contribution in [2.75, 3.05) is 11.3 Å². The second-order valence-corrected chi connectivity index (χ2v) is 14.7. The minimum absolute atomic E-state index is 0.00263. The molecule has 4 aliphatic rings. The summed E-state index contributed by atoms with van der Waals surface area (Å²) >= 11 is 0. The lowest BCUT2D eigenvalue weighted by molar-refractivity contribution is -0.193. The molecule has 0 unspecified atom stereocenters. The second kappa shape index (κ2) is 9.92. The van der Waals surface area contributed by atoms with E-state index in [0.29, 0.717) is 18.5 Å². The number of carbonyl (C=O) groups excluding carboxylic acids is 1. The van der Waals surface area contributed by atoms with Crippen molar-refractivity contribution in [2.24, 2.45) is 10.8 Å². The standard InChI is InChI=1S/C32H33F3N4O4S/c1-19-5-3-6-20(2)27(19)25-14-26-37-29(36-25)38-44(41,42)24-8-4-7-21(13-24)28(40)39(22-15-30(16-22)9-10-30)23(18-43-26)17-31(11-12-31)32(33,34)35/h3-8,13-14,22-23H,9-12,15-18H2,1-2H3,(H,36,37,38)/t23-/m1/s1. The van der Waals surface area contributed by atoms with Gasteiger partial charge in [0.05, 0.1) is 22.0 Å². The molecule has 2 aromatic carbocycles. The first-order chi connectivity index (χ1) is 20.8. The third kappa shape index (κ3) is 5.10. The highest BCUT2D eigenvalue weighted by Gasteiger charge is 2.65. The first-order valence-electron chi connectivity index (χ1n) is 14.9. The van der Waals surface area contributed by atoms with Crippen LogP contribution in [0.3, 0.4) is 0 Å². The SMILES string of the molecule is Cc1cccc(C)c1-c1cc2nc(n1)NS(=O)(=O)c1cccc(c1)C(=O)N(C1CC3(CC3)C1)[C@H](CC1(C(F)(F)F)CC1)CO2. The van der Waals surface area contributed by atoms with Gasteiger partial charge in [-0.1, -0.05) is 24.3 Å². The van der Waals surface area contributed by atoms with Crippen LogP contribution < -0.4 is 9.46 Å². The van der Waals surface area contributed by atoms with Crippen LogP contribution in [0.4, 0.5) is 19.1 Å². The van der Waals surface area contributed by atoms with E-state index in [1.807, 2.05) is 32.0 Å². The van der Waals surface area contributed by atoms with Crippen molar-refractivity contribution in [1.82, 2.24) is 14.9 Å². The maximum Gasteiger partial charge on any atom is 0.394 e. The maximum atomic E-state index is 14.3. The van der Waals surface area contributed by atoms with Gasteiger partial charge in [-0.25, -0.2) is 18.1 Å². The third-order valence-corrected chi connectivity index (χ3v) is 11.2. The Balaban J connectivity index is 1.36. The van der Waals surface area contributed by atoms with Crippen molar-refractivity contribution in [1.29, 1.82) is 0 Å². The predicted molar refractivity (Wildman–Crippen MR) is 157 cm³/mol. The molecule has 3 fully saturated rings. The molecule has 3 aliphatic carbocycles. The average molecular weight is 627 g/mol. The summed E-state index contributed by atoms with van der Waals surface area (Å²) in [5, 5.41) is 0. The third-order valence-electron chi connectivity index (χ3n) is 9.88. The second-order valence-electron chi connectivity index (χ2n) is 13.0. The number of halogens is 3. The molecule has 3 saturated carbocycles. The molecule has 12 heteroatoms. The normalized spacial score (nSPS) is 23.3. The highest BCUT2D eigenvalue weighted by molar-refractivity contribution is 7.92. The van der Waals surface area contributed by atoms with Gasteiger partial charge in [-0.05, 0) is 93.5 Å². The summed E-state index contributed by atoms with van der Waals surface area (Å²) in [6.07, 6.45) is -1.22. The van der Waals surface area contributed by atoms with Crippen molar-refractivity contribution in [3.05, 3.63) is 65.2 Å². The Bertz CT molecular complexity index is 1740. The molecule has 1 aromatic heterocycles. The largest absolute Gasteiger partial charge is 0.475 e. The summed E-state index contributed by atoms with van der Waals surface area (Å²) in [6.45, 7) is 3.57. The van der Waals surface area contributed by atoms with Crippen LogP contribution in [0.2, 0.25) is 0 Å². The molecular formula is C32H33F3N4O4S. The van der Waals surface area contributed by atoms with E-state index in [4.69, 9.17) is 4.74 Å². The number of sulfonamides is 1. The number of alkyl halides is 3. The summed E-state index contributed by atoms with van der Waals surface area (Å²) in [7, 11) is -4.24. The molecule has 232 valence electrons. The van der Waals surface area contributed by atoms with Crippen LogP contribution >= 0.6 is 0 Å². The van der Waals surface area contributed by atoms with Gasteiger partial charge < -0.3 is 9.64 Å². The zero-order valence-electron chi connectivity index (χ0n) is 24.4. The van der Waals surface area contributed by atoms with Crippen LogP contribution in [0.25, 0.3) is 11.3 Å². The van der Waals surface area contributed by atoms with Gasteiger partial charge in [0, 0.05) is 23.2 Å². The Morgan fingerprint density at radius 3 is 2.32 bits per heavy atom. The summed E-state index contributed by atoms with van der Waals surface area (Å²) in [6, 6.07) is 11.7. The van der Waals surface area contributed by atoms with Crippen molar-refractivity contribution >= 4 is 21.9 Å². The van der Waals surface area contributed by atoms with E-state index >= 15 is 0 Å². The highest BCUT2D eigenvalue weighted by Crippen LogP contribution is 2.64. The molecule has 44 heavy (non-hydrogen) atoms. The van der Waals surface area contributed by atoms with E-state index in [0.717, 1.165) is 29.5 Å². The number of nitrogens with zero attached hydrogens (tertiary/aromatic N) is 3. The number of rotatable bonds is 4. The molecule has 1 atom stereocenters. The van der Waals surface area contributed by atoms with Gasteiger partial charge in [-0.15, -0.1) is 0 Å². The number of anilines is 1. The highest BCUT2D eigenvalue weighted by atomic mass is 32.2. The van der Waals surface area contributed by atoms with Gasteiger partial charge in [0.1, 0.15) is 6.61 Å². The van der Waals surface area contributed by atoms with Gasteiger partial charge in [0.15, 0.2) is 0 Å². The molecule has 0 saturated heterocycles. The first kappa shape index (κ1) is 29.1. The Hall–Kier alpha value is -3.67. The van der Waals surface area contributed by atoms with Crippen LogP contribution in [0, 0.1) is 24.7 Å². The van der Waals surface area contributed by atoms with Gasteiger partial charge in [-0.2, -0.15) is 18.2 Å². The molecule has 8 nitrogen and oxygen atoms in total. The monoisotopic (exact) mass is 626 g/mol. The van der Waals surface area contributed by atoms with Crippen molar-refractivity contribution in [3.8, 4) is 17.1 Å². The Morgan fingerprint density at radius 2 is 1.68 bits per heavy atom. The van der Waals surface area contributed by atoms with E-state index in [-0.39, 0.29) is 59.6 Å². The zero-order chi connectivity index (χ0) is 31.1. The Kier molecular flexibility index (Phi) is 6.55. The van der Waals surface area contributed by atoms with Crippen LogP contribution in [-0.4, -0.2) is 54.1 Å². The number of nitrogens with one attached hydrogen (secondary N) is 1. The number of aromatic nitrogens is 2. The number of benzene rings is 2. The van der Waals surface area contributed by atoms with Gasteiger partial charge >= 0.3 is 6.18 Å². The van der Waals surface area contributed by atoms with Gasteiger partial charge in [0.25, 0.3) is 15.9 Å². The molecule has 1 spiro atoms. The lowest BCUT2D eigenvalue weighted by atomic mass is 9.75. The molecular weight excluding hydrogens is 593 g/mol. The zero-order valence-corrected chi connectivity index (χ0v) is 25.3. The van der Waals surface area contributed by atoms with Crippen LogP contribution in [0.15, 0.2) is 53.4 Å². The van der Waals surface area contributed by atoms with Crippen molar-refractivity contribution in [2.45, 2.75) is 81.9 Å². The molecule has 0 radical (unpaired) electrons. The van der Waals surface area contributed by atoms with E-state index in [2.05, 4.69) is 14.7 Å². The lowest BCUT2D eigenvalue weighted by Crippen LogP contribution is -2.56. The summed E-state index contributed by atoms with van der Waals surface area (Å²) < 4.78 is 78.6. The van der Waals surface area contributed by atoms with Crippen molar-refractivity contribution < 1.29 is 31.1 Å². The average Bonchev–Trinajstić information content (AvgIpc) is 3.86. The number of fused-ring (bicyclic) bond motifs is 4. The smallest absolute Gasteiger partial charge is 0.394 e. The summed E-state index contributed by atoms with van der Waals surface area (Å²) in [5.41, 5.74) is 1.32. The van der Waals surface area contributed by atoms with E-state index in [9.17, 15) is 26.4 Å². The minimum atomic E-state index is -4.42. The van der Waals surface area contributed by atoms with Gasteiger partial charge in [0.2, 0.25) is 11.8 Å². The lowest BCUT2D eigenvalue weighted by Gasteiger charge is -2.47. The molecule has 4 bridgehead atoms.